The molecular weight excluding hydrogens is 337 g/mol. The van der Waals surface area contributed by atoms with E-state index in [4.69, 9.17) is 4.98 Å². The van der Waals surface area contributed by atoms with E-state index in [1.165, 1.54) is 6.07 Å². The van der Waals surface area contributed by atoms with E-state index in [0.717, 1.165) is 49.6 Å². The average molecular weight is 361 g/mol. The van der Waals surface area contributed by atoms with E-state index in [0.29, 0.717) is 17.9 Å². The van der Waals surface area contributed by atoms with Gasteiger partial charge in [-0.05, 0) is 55.3 Å². The van der Waals surface area contributed by atoms with Crippen LogP contribution in [-0.4, -0.2) is 28.0 Å². The first kappa shape index (κ1) is 17.8. The van der Waals surface area contributed by atoms with E-state index in [1.54, 1.807) is 6.07 Å². The van der Waals surface area contributed by atoms with Crippen molar-refractivity contribution < 1.29 is 4.39 Å². The molecule has 4 rings (SSSR count). The lowest BCUT2D eigenvalue weighted by Crippen LogP contribution is -2.34. The SMILES string of the molecule is Fc1ccccc1Cc1cccc([C@@H]2CCCN(Cc3ccccn3)C2)n1. The molecule has 0 amide bonds. The van der Waals surface area contributed by atoms with Crippen LogP contribution in [0, 0.1) is 5.82 Å². The van der Waals surface area contributed by atoms with Crippen LogP contribution in [0.5, 0.6) is 0 Å². The fourth-order valence-electron chi connectivity index (χ4n) is 3.82. The van der Waals surface area contributed by atoms with Crippen LogP contribution >= 0.6 is 0 Å². The Kier molecular flexibility index (Phi) is 5.54. The summed E-state index contributed by atoms with van der Waals surface area (Å²) in [5.74, 6) is 0.256. The standard InChI is InChI=1S/C23H24FN3/c24-22-11-2-1-7-18(22)15-20-10-5-12-23(26-20)19-8-6-14-27(16-19)17-21-9-3-4-13-25-21/h1-5,7,9-13,19H,6,8,14-17H2/t19-/m1/s1. The third-order valence-corrected chi connectivity index (χ3v) is 5.19. The molecule has 1 fully saturated rings. The first-order valence-corrected chi connectivity index (χ1v) is 9.59. The van der Waals surface area contributed by atoms with Crippen LogP contribution in [0.3, 0.4) is 0 Å². The van der Waals surface area contributed by atoms with Gasteiger partial charge < -0.3 is 0 Å². The minimum absolute atomic E-state index is 0.163. The van der Waals surface area contributed by atoms with Gasteiger partial charge in [0.1, 0.15) is 5.82 Å². The molecule has 0 aliphatic carbocycles. The maximum absolute atomic E-state index is 13.9. The lowest BCUT2D eigenvalue weighted by atomic mass is 9.93. The van der Waals surface area contributed by atoms with E-state index in [2.05, 4.69) is 28.1 Å². The van der Waals surface area contributed by atoms with Crippen LogP contribution < -0.4 is 0 Å². The molecule has 0 N–H and O–H groups in total. The highest BCUT2D eigenvalue weighted by molar-refractivity contribution is 5.25. The largest absolute Gasteiger partial charge is 0.297 e. The van der Waals surface area contributed by atoms with E-state index >= 15 is 0 Å². The van der Waals surface area contributed by atoms with Crippen LogP contribution in [0.1, 0.15) is 41.4 Å². The van der Waals surface area contributed by atoms with Gasteiger partial charge in [-0.3, -0.25) is 14.9 Å². The van der Waals surface area contributed by atoms with E-state index in [1.807, 2.05) is 36.5 Å². The smallest absolute Gasteiger partial charge is 0.126 e. The molecule has 1 atom stereocenters. The number of nitrogens with zero attached hydrogens (tertiary/aromatic N) is 3. The molecule has 0 unspecified atom stereocenters. The van der Waals surface area contributed by atoms with Gasteiger partial charge in [0, 0.05) is 43.0 Å². The minimum Gasteiger partial charge on any atom is -0.297 e. The lowest BCUT2D eigenvalue weighted by molar-refractivity contribution is 0.196. The van der Waals surface area contributed by atoms with Crippen LogP contribution in [0.2, 0.25) is 0 Å². The van der Waals surface area contributed by atoms with Gasteiger partial charge in [-0.2, -0.15) is 0 Å². The predicted octanol–water partition coefficient (Wildman–Crippen LogP) is 4.59. The number of pyridine rings is 2. The fraction of sp³-hybridized carbons (Fsp3) is 0.304. The molecule has 1 aliphatic heterocycles. The number of aromatic nitrogens is 2. The molecule has 0 spiro atoms. The molecule has 3 nitrogen and oxygen atoms in total. The van der Waals surface area contributed by atoms with Gasteiger partial charge in [0.2, 0.25) is 0 Å². The van der Waals surface area contributed by atoms with Crippen LogP contribution in [0.15, 0.2) is 66.9 Å². The summed E-state index contributed by atoms with van der Waals surface area (Å²) in [6.45, 7) is 2.97. The second-order valence-electron chi connectivity index (χ2n) is 7.22. The van der Waals surface area contributed by atoms with Gasteiger partial charge in [0.05, 0.1) is 5.69 Å². The monoisotopic (exact) mass is 361 g/mol. The third-order valence-electron chi connectivity index (χ3n) is 5.19. The molecule has 3 aromatic rings. The fourth-order valence-corrected chi connectivity index (χ4v) is 3.82. The van der Waals surface area contributed by atoms with Gasteiger partial charge >= 0.3 is 0 Å². The van der Waals surface area contributed by atoms with Crippen LogP contribution in [0.25, 0.3) is 0 Å². The number of hydrogen-bond acceptors (Lipinski definition) is 3. The number of rotatable bonds is 5. The lowest BCUT2D eigenvalue weighted by Gasteiger charge is -2.32. The highest BCUT2D eigenvalue weighted by atomic mass is 19.1. The highest BCUT2D eigenvalue weighted by Gasteiger charge is 2.23. The Hall–Kier alpha value is -2.59. The van der Waals surface area contributed by atoms with Gasteiger partial charge in [0.15, 0.2) is 0 Å². The number of halogens is 1. The zero-order valence-corrected chi connectivity index (χ0v) is 15.4. The van der Waals surface area contributed by atoms with Crippen molar-refractivity contribution in [3.63, 3.8) is 0 Å². The van der Waals surface area contributed by atoms with Crippen molar-refractivity contribution in [2.45, 2.75) is 31.7 Å². The van der Waals surface area contributed by atoms with E-state index in [9.17, 15) is 4.39 Å². The summed E-state index contributed by atoms with van der Waals surface area (Å²) in [6, 6.07) is 19.2. The first-order chi connectivity index (χ1) is 13.3. The zero-order chi connectivity index (χ0) is 18.5. The summed E-state index contributed by atoms with van der Waals surface area (Å²) < 4.78 is 13.9. The Morgan fingerprint density at radius 1 is 0.963 bits per heavy atom. The molecule has 0 radical (unpaired) electrons. The molecular formula is C23H24FN3. The summed E-state index contributed by atoms with van der Waals surface area (Å²) in [6.07, 6.45) is 4.70. The zero-order valence-electron chi connectivity index (χ0n) is 15.4. The number of hydrogen-bond donors (Lipinski definition) is 0. The maximum atomic E-state index is 13.9. The van der Waals surface area contributed by atoms with E-state index < -0.39 is 0 Å². The topological polar surface area (TPSA) is 29.0 Å². The number of benzene rings is 1. The Balaban J connectivity index is 1.45. The van der Waals surface area contributed by atoms with Crippen molar-refractivity contribution in [3.8, 4) is 0 Å². The van der Waals surface area contributed by atoms with Gasteiger partial charge in [-0.1, -0.05) is 30.3 Å². The van der Waals surface area contributed by atoms with Crippen molar-refractivity contribution >= 4 is 0 Å². The molecule has 138 valence electrons. The van der Waals surface area contributed by atoms with Crippen molar-refractivity contribution in [2.75, 3.05) is 13.1 Å². The normalized spacial score (nSPS) is 17.7. The number of likely N-dealkylation sites (tertiary alicyclic amines) is 1. The Morgan fingerprint density at radius 2 is 1.81 bits per heavy atom. The van der Waals surface area contributed by atoms with Gasteiger partial charge in [0.25, 0.3) is 0 Å². The molecule has 0 bridgehead atoms. The predicted molar refractivity (Wildman–Crippen MR) is 105 cm³/mol. The molecule has 27 heavy (non-hydrogen) atoms. The second kappa shape index (κ2) is 8.40. The van der Waals surface area contributed by atoms with Crippen molar-refractivity contribution in [3.05, 3.63) is 95.3 Å². The average Bonchev–Trinajstić information content (AvgIpc) is 2.71. The van der Waals surface area contributed by atoms with E-state index in [-0.39, 0.29) is 5.82 Å². The molecule has 3 heterocycles. The molecule has 0 saturated carbocycles. The quantitative estimate of drug-likeness (QED) is 0.666. The second-order valence-corrected chi connectivity index (χ2v) is 7.22. The van der Waals surface area contributed by atoms with Crippen molar-refractivity contribution in [1.82, 2.24) is 14.9 Å². The molecule has 4 heteroatoms. The molecule has 1 saturated heterocycles. The van der Waals surface area contributed by atoms with Crippen LogP contribution in [0.4, 0.5) is 4.39 Å². The Morgan fingerprint density at radius 3 is 2.67 bits per heavy atom. The van der Waals surface area contributed by atoms with Crippen molar-refractivity contribution in [1.29, 1.82) is 0 Å². The summed E-state index contributed by atoms with van der Waals surface area (Å²) in [5, 5.41) is 0. The Labute approximate surface area is 159 Å². The summed E-state index contributed by atoms with van der Waals surface area (Å²) in [4.78, 5) is 11.8. The molecule has 2 aromatic heterocycles. The third kappa shape index (κ3) is 4.58. The van der Waals surface area contributed by atoms with Gasteiger partial charge in [-0.25, -0.2) is 4.39 Å². The summed E-state index contributed by atoms with van der Waals surface area (Å²) in [5.41, 5.74) is 3.86. The van der Waals surface area contributed by atoms with Gasteiger partial charge in [-0.15, -0.1) is 0 Å². The molecule has 1 aliphatic rings. The first-order valence-electron chi connectivity index (χ1n) is 9.59. The highest BCUT2D eigenvalue weighted by Crippen LogP contribution is 2.27. The maximum Gasteiger partial charge on any atom is 0.126 e. The number of piperidine rings is 1. The minimum atomic E-state index is -0.163. The summed E-state index contributed by atoms with van der Waals surface area (Å²) >= 11 is 0. The Bertz CT molecular complexity index is 882. The van der Waals surface area contributed by atoms with Crippen molar-refractivity contribution in [2.24, 2.45) is 0 Å². The molecule has 1 aromatic carbocycles. The summed E-state index contributed by atoms with van der Waals surface area (Å²) in [7, 11) is 0. The van der Waals surface area contributed by atoms with Crippen LogP contribution in [-0.2, 0) is 13.0 Å².